The van der Waals surface area contributed by atoms with Gasteiger partial charge in [-0.3, -0.25) is 0 Å². The molecule has 6 N–H and O–H groups in total. The smallest absolute Gasteiger partial charge is 0.222 e. The molecule has 0 radical (unpaired) electrons. The molecule has 1 fully saturated rings. The predicted molar refractivity (Wildman–Crippen MR) is 111 cm³/mol. The Balaban J connectivity index is 2.08. The average Bonchev–Trinajstić information content (AvgIpc) is 2.75. The summed E-state index contributed by atoms with van der Waals surface area (Å²) in [4.78, 5) is 0. The zero-order valence-electron chi connectivity index (χ0n) is 17.7. The standard InChI is InChI=1S/C23H30O8/c1-12(24)15-6-7-16(10-14-4-8-17(30-3)9-5-14)18(11-15)23(29)22(28)20(27)19(26)21(31-23)13(2)25/h4-9,11-13,19-22,24-29H,10H2,1-3H3/t12?,13-,19-,20-,21+,22+,23+/m0/s1. The molecule has 8 heteroatoms. The van der Waals surface area contributed by atoms with Crippen molar-refractivity contribution in [2.24, 2.45) is 0 Å². The highest BCUT2D eigenvalue weighted by atomic mass is 16.7. The fourth-order valence-corrected chi connectivity index (χ4v) is 3.87. The van der Waals surface area contributed by atoms with E-state index in [-0.39, 0.29) is 5.56 Å². The number of methoxy groups -OCH3 is 1. The highest BCUT2D eigenvalue weighted by Crippen LogP contribution is 2.40. The van der Waals surface area contributed by atoms with E-state index in [1.54, 1.807) is 38.3 Å². The molecule has 0 saturated carbocycles. The number of aliphatic hydroxyl groups excluding tert-OH is 5. The van der Waals surface area contributed by atoms with Crippen LogP contribution in [-0.2, 0) is 16.9 Å². The van der Waals surface area contributed by atoms with E-state index in [2.05, 4.69) is 0 Å². The van der Waals surface area contributed by atoms with Gasteiger partial charge in [0.2, 0.25) is 5.79 Å². The first-order valence-corrected chi connectivity index (χ1v) is 10.1. The summed E-state index contributed by atoms with van der Waals surface area (Å²) in [5.74, 6) is -1.73. The summed E-state index contributed by atoms with van der Waals surface area (Å²) in [7, 11) is 1.57. The molecule has 2 aromatic rings. The molecule has 0 aromatic heterocycles. The Labute approximate surface area is 180 Å². The van der Waals surface area contributed by atoms with Gasteiger partial charge in [-0.15, -0.1) is 0 Å². The first-order chi connectivity index (χ1) is 14.6. The van der Waals surface area contributed by atoms with Crippen LogP contribution in [0.25, 0.3) is 0 Å². The normalized spacial score (nSPS) is 30.6. The lowest BCUT2D eigenvalue weighted by atomic mass is 9.83. The molecule has 170 valence electrons. The van der Waals surface area contributed by atoms with Crippen molar-refractivity contribution in [1.82, 2.24) is 0 Å². The Morgan fingerprint density at radius 3 is 2.19 bits per heavy atom. The lowest BCUT2D eigenvalue weighted by Gasteiger charge is -2.47. The van der Waals surface area contributed by atoms with E-state index >= 15 is 0 Å². The maximum Gasteiger partial charge on any atom is 0.222 e. The van der Waals surface area contributed by atoms with Crippen LogP contribution in [0.15, 0.2) is 42.5 Å². The molecule has 31 heavy (non-hydrogen) atoms. The number of aliphatic hydroxyl groups is 6. The molecular weight excluding hydrogens is 404 g/mol. The molecule has 1 aliphatic rings. The van der Waals surface area contributed by atoms with Gasteiger partial charge in [-0.25, -0.2) is 0 Å². The summed E-state index contributed by atoms with van der Waals surface area (Å²) < 4.78 is 10.8. The van der Waals surface area contributed by atoms with Crippen LogP contribution in [-0.4, -0.2) is 68.3 Å². The van der Waals surface area contributed by atoms with Crippen molar-refractivity contribution in [3.8, 4) is 5.75 Å². The van der Waals surface area contributed by atoms with E-state index in [9.17, 15) is 30.6 Å². The molecule has 3 rings (SSSR count). The summed E-state index contributed by atoms with van der Waals surface area (Å²) in [6.45, 7) is 2.91. The molecule has 0 amide bonds. The molecule has 0 aliphatic carbocycles. The predicted octanol–water partition coefficient (Wildman–Crippen LogP) is 0.347. The second-order valence-corrected chi connectivity index (χ2v) is 8.06. The van der Waals surface area contributed by atoms with Crippen LogP contribution in [0.5, 0.6) is 5.75 Å². The minimum atomic E-state index is -2.42. The molecule has 1 heterocycles. The lowest BCUT2D eigenvalue weighted by molar-refractivity contribution is -0.364. The highest BCUT2D eigenvalue weighted by molar-refractivity contribution is 5.41. The van der Waals surface area contributed by atoms with Gasteiger partial charge in [-0.1, -0.05) is 24.3 Å². The first-order valence-electron chi connectivity index (χ1n) is 10.1. The molecule has 0 bridgehead atoms. The Morgan fingerprint density at radius 2 is 1.65 bits per heavy atom. The third-order valence-corrected chi connectivity index (χ3v) is 5.76. The van der Waals surface area contributed by atoms with Gasteiger partial charge in [0, 0.05) is 5.56 Å². The number of rotatable bonds is 6. The number of hydrogen-bond acceptors (Lipinski definition) is 8. The van der Waals surface area contributed by atoms with Crippen LogP contribution < -0.4 is 4.74 Å². The monoisotopic (exact) mass is 434 g/mol. The van der Waals surface area contributed by atoms with Crippen molar-refractivity contribution < 1.29 is 40.1 Å². The average molecular weight is 434 g/mol. The largest absolute Gasteiger partial charge is 0.497 e. The fraction of sp³-hybridized carbons (Fsp3) is 0.478. The van der Waals surface area contributed by atoms with Gasteiger partial charge in [0.25, 0.3) is 0 Å². The van der Waals surface area contributed by atoms with Crippen LogP contribution in [0.3, 0.4) is 0 Å². The van der Waals surface area contributed by atoms with Gasteiger partial charge in [-0.05, 0) is 55.2 Å². The van der Waals surface area contributed by atoms with E-state index in [4.69, 9.17) is 9.47 Å². The van der Waals surface area contributed by atoms with E-state index in [1.807, 2.05) is 12.1 Å². The Hall–Kier alpha value is -2.04. The maximum absolute atomic E-state index is 11.4. The van der Waals surface area contributed by atoms with Crippen molar-refractivity contribution >= 4 is 0 Å². The van der Waals surface area contributed by atoms with Crippen LogP contribution >= 0.6 is 0 Å². The van der Waals surface area contributed by atoms with Crippen molar-refractivity contribution in [3.05, 3.63) is 64.7 Å². The number of hydrogen-bond donors (Lipinski definition) is 6. The van der Waals surface area contributed by atoms with Crippen LogP contribution in [0.4, 0.5) is 0 Å². The molecule has 2 aromatic carbocycles. The Morgan fingerprint density at radius 1 is 1.00 bits per heavy atom. The SMILES string of the molecule is COc1ccc(Cc2ccc(C(C)O)cc2[C@@]2(O)O[C@H]([C@H](C)O)[C@@H](O)[C@H](O)[C@H]2O)cc1. The topological polar surface area (TPSA) is 140 Å². The van der Waals surface area contributed by atoms with Gasteiger partial charge >= 0.3 is 0 Å². The van der Waals surface area contributed by atoms with Crippen molar-refractivity contribution in [3.63, 3.8) is 0 Å². The molecule has 0 spiro atoms. The minimum Gasteiger partial charge on any atom is -0.497 e. The molecule has 8 nitrogen and oxygen atoms in total. The summed E-state index contributed by atoms with van der Waals surface area (Å²) in [5, 5.41) is 62.7. The molecule has 7 atom stereocenters. The van der Waals surface area contributed by atoms with E-state index < -0.39 is 42.4 Å². The van der Waals surface area contributed by atoms with Gasteiger partial charge in [0.05, 0.1) is 19.3 Å². The zero-order valence-corrected chi connectivity index (χ0v) is 17.7. The summed E-state index contributed by atoms with van der Waals surface area (Å²) in [6, 6.07) is 12.2. The third-order valence-electron chi connectivity index (χ3n) is 5.76. The minimum absolute atomic E-state index is 0.130. The number of benzene rings is 2. The van der Waals surface area contributed by atoms with E-state index in [0.29, 0.717) is 23.3 Å². The van der Waals surface area contributed by atoms with E-state index in [0.717, 1.165) is 5.56 Å². The summed E-state index contributed by atoms with van der Waals surface area (Å²) in [5.41, 5.74) is 2.05. The summed E-state index contributed by atoms with van der Waals surface area (Å²) in [6.07, 6.45) is -8.34. The van der Waals surface area contributed by atoms with Gasteiger partial charge in [0.15, 0.2) is 0 Å². The Bertz CT molecular complexity index is 882. The summed E-state index contributed by atoms with van der Waals surface area (Å²) >= 11 is 0. The van der Waals surface area contributed by atoms with Gasteiger partial charge in [0.1, 0.15) is 30.2 Å². The van der Waals surface area contributed by atoms with Crippen molar-refractivity contribution in [2.75, 3.05) is 7.11 Å². The maximum atomic E-state index is 11.4. The van der Waals surface area contributed by atoms with Crippen LogP contribution in [0.1, 0.15) is 42.2 Å². The second kappa shape index (κ2) is 9.22. The third kappa shape index (κ3) is 4.61. The lowest BCUT2D eigenvalue weighted by Crippen LogP contribution is -2.65. The van der Waals surface area contributed by atoms with E-state index in [1.165, 1.54) is 13.0 Å². The molecular formula is C23H30O8. The first kappa shape index (κ1) is 23.6. The molecule has 1 unspecified atom stereocenters. The van der Waals surface area contributed by atoms with Gasteiger partial charge in [-0.2, -0.15) is 0 Å². The Kier molecular flexibility index (Phi) is 7.02. The fourth-order valence-electron chi connectivity index (χ4n) is 3.87. The highest BCUT2D eigenvalue weighted by Gasteiger charge is 2.55. The van der Waals surface area contributed by atoms with Crippen LogP contribution in [0, 0.1) is 0 Å². The van der Waals surface area contributed by atoms with Crippen LogP contribution in [0.2, 0.25) is 0 Å². The van der Waals surface area contributed by atoms with Crippen molar-refractivity contribution in [2.45, 2.75) is 62.7 Å². The van der Waals surface area contributed by atoms with Gasteiger partial charge < -0.3 is 40.1 Å². The quantitative estimate of drug-likeness (QED) is 0.383. The second-order valence-electron chi connectivity index (χ2n) is 8.06. The zero-order chi connectivity index (χ0) is 22.9. The number of ether oxygens (including phenoxy) is 2. The van der Waals surface area contributed by atoms with Crippen molar-refractivity contribution in [1.29, 1.82) is 0 Å². The molecule has 1 aliphatic heterocycles. The molecule has 1 saturated heterocycles.